The molecule has 0 saturated heterocycles. The van der Waals surface area contributed by atoms with Crippen molar-refractivity contribution in [2.75, 3.05) is 0 Å². The van der Waals surface area contributed by atoms with Crippen LogP contribution in [0.15, 0.2) is 59.5 Å². The molecule has 0 atom stereocenters. The van der Waals surface area contributed by atoms with Crippen molar-refractivity contribution in [3.05, 3.63) is 65.7 Å². The number of nitrogens with zero attached hydrogens (tertiary/aromatic N) is 1. The fourth-order valence-corrected chi connectivity index (χ4v) is 2.22. The normalized spacial score (nSPS) is 9.69. The number of rotatable bonds is 3. The Bertz CT molecular complexity index is 482. The second-order valence-corrected chi connectivity index (χ2v) is 4.46. The fraction of sp³-hybridized carbons (Fsp3) is 0.0714. The smallest absolute Gasteiger partial charge is 0.0991 e. The highest BCUT2D eigenvalue weighted by Crippen LogP contribution is 2.22. The van der Waals surface area contributed by atoms with Crippen LogP contribution in [0.3, 0.4) is 0 Å². The van der Waals surface area contributed by atoms with E-state index in [-0.39, 0.29) is 0 Å². The quantitative estimate of drug-likeness (QED) is 0.741. The Balaban J connectivity index is 1.98. The van der Waals surface area contributed by atoms with Gasteiger partial charge in [-0.15, -0.1) is 11.8 Å². The standard InChI is InChI=1S/C14H11NS/c15-10-12-6-8-14(9-7-12)16-11-13-4-2-1-3-5-13/h1-9H,11H2. The van der Waals surface area contributed by atoms with Crippen LogP contribution in [0, 0.1) is 11.3 Å². The largest absolute Gasteiger partial charge is 0.192 e. The second kappa shape index (κ2) is 5.39. The van der Waals surface area contributed by atoms with Crippen LogP contribution in [0.2, 0.25) is 0 Å². The van der Waals surface area contributed by atoms with Gasteiger partial charge in [-0.2, -0.15) is 5.26 Å². The Hall–Kier alpha value is -1.72. The van der Waals surface area contributed by atoms with Crippen LogP contribution in [0.4, 0.5) is 0 Å². The summed E-state index contributed by atoms with van der Waals surface area (Å²) in [6, 6.07) is 20.2. The van der Waals surface area contributed by atoms with E-state index in [1.807, 2.05) is 30.3 Å². The van der Waals surface area contributed by atoms with Crippen molar-refractivity contribution in [3.8, 4) is 6.07 Å². The van der Waals surface area contributed by atoms with Crippen molar-refractivity contribution in [2.24, 2.45) is 0 Å². The summed E-state index contributed by atoms with van der Waals surface area (Å²) in [5.74, 6) is 0.965. The molecule has 0 unspecified atom stereocenters. The Morgan fingerprint density at radius 1 is 0.938 bits per heavy atom. The lowest BCUT2D eigenvalue weighted by Gasteiger charge is -2.01. The minimum Gasteiger partial charge on any atom is -0.192 e. The number of nitriles is 1. The summed E-state index contributed by atoms with van der Waals surface area (Å²) in [7, 11) is 0. The first-order chi connectivity index (χ1) is 7.88. The molecular weight excluding hydrogens is 214 g/mol. The lowest BCUT2D eigenvalue weighted by molar-refractivity contribution is 1.37. The van der Waals surface area contributed by atoms with Crippen LogP contribution in [-0.4, -0.2) is 0 Å². The van der Waals surface area contributed by atoms with Gasteiger partial charge in [0.25, 0.3) is 0 Å². The molecule has 2 aromatic carbocycles. The maximum Gasteiger partial charge on any atom is 0.0991 e. The zero-order valence-electron chi connectivity index (χ0n) is 8.76. The summed E-state index contributed by atoms with van der Waals surface area (Å²) in [6.45, 7) is 0. The van der Waals surface area contributed by atoms with Crippen molar-refractivity contribution >= 4 is 11.8 Å². The molecular formula is C14H11NS. The molecule has 2 rings (SSSR count). The topological polar surface area (TPSA) is 23.8 Å². The van der Waals surface area contributed by atoms with Crippen molar-refractivity contribution in [1.29, 1.82) is 5.26 Å². The predicted molar refractivity (Wildman–Crippen MR) is 67.2 cm³/mol. The van der Waals surface area contributed by atoms with Gasteiger partial charge in [-0.25, -0.2) is 0 Å². The molecule has 2 heteroatoms. The Morgan fingerprint density at radius 3 is 2.25 bits per heavy atom. The number of hydrogen-bond donors (Lipinski definition) is 0. The van der Waals surface area contributed by atoms with Gasteiger partial charge < -0.3 is 0 Å². The summed E-state index contributed by atoms with van der Waals surface area (Å²) < 4.78 is 0. The monoisotopic (exact) mass is 225 g/mol. The third-order valence-electron chi connectivity index (χ3n) is 2.23. The van der Waals surface area contributed by atoms with E-state index in [0.29, 0.717) is 5.56 Å². The summed E-state index contributed by atoms with van der Waals surface area (Å²) in [4.78, 5) is 1.20. The molecule has 16 heavy (non-hydrogen) atoms. The Morgan fingerprint density at radius 2 is 1.62 bits per heavy atom. The minimum absolute atomic E-state index is 0.712. The number of thioether (sulfide) groups is 1. The number of hydrogen-bond acceptors (Lipinski definition) is 2. The lowest BCUT2D eigenvalue weighted by atomic mass is 10.2. The molecule has 0 amide bonds. The average Bonchev–Trinajstić information content (AvgIpc) is 2.38. The van der Waals surface area contributed by atoms with E-state index in [1.165, 1.54) is 10.5 Å². The van der Waals surface area contributed by atoms with Gasteiger partial charge in [-0.05, 0) is 29.8 Å². The third-order valence-corrected chi connectivity index (χ3v) is 3.31. The molecule has 0 aliphatic rings. The summed E-state index contributed by atoms with van der Waals surface area (Å²) in [6.07, 6.45) is 0. The van der Waals surface area contributed by atoms with Gasteiger partial charge in [-0.1, -0.05) is 30.3 Å². The van der Waals surface area contributed by atoms with Crippen molar-refractivity contribution in [1.82, 2.24) is 0 Å². The van der Waals surface area contributed by atoms with Crippen molar-refractivity contribution in [3.63, 3.8) is 0 Å². The molecule has 0 N–H and O–H groups in total. The average molecular weight is 225 g/mol. The molecule has 0 aliphatic heterocycles. The first-order valence-electron chi connectivity index (χ1n) is 5.05. The lowest BCUT2D eigenvalue weighted by Crippen LogP contribution is -1.79. The molecule has 0 aromatic heterocycles. The van der Waals surface area contributed by atoms with E-state index in [9.17, 15) is 0 Å². The Kier molecular flexibility index (Phi) is 3.63. The van der Waals surface area contributed by atoms with Gasteiger partial charge in [0.15, 0.2) is 0 Å². The van der Waals surface area contributed by atoms with Crippen LogP contribution >= 0.6 is 11.8 Å². The summed E-state index contributed by atoms with van der Waals surface area (Å²) >= 11 is 1.78. The first-order valence-corrected chi connectivity index (χ1v) is 6.04. The van der Waals surface area contributed by atoms with Gasteiger partial charge in [0, 0.05) is 10.6 Å². The van der Waals surface area contributed by atoms with E-state index in [2.05, 4.69) is 30.3 Å². The van der Waals surface area contributed by atoms with Crippen molar-refractivity contribution in [2.45, 2.75) is 10.6 Å². The Labute approximate surface area is 99.7 Å². The molecule has 0 bridgehead atoms. The minimum atomic E-state index is 0.712. The maximum absolute atomic E-state index is 8.68. The molecule has 78 valence electrons. The van der Waals surface area contributed by atoms with E-state index in [0.717, 1.165) is 5.75 Å². The summed E-state index contributed by atoms with van der Waals surface area (Å²) in [5, 5.41) is 8.68. The second-order valence-electron chi connectivity index (χ2n) is 3.41. The van der Waals surface area contributed by atoms with Gasteiger partial charge >= 0.3 is 0 Å². The SMILES string of the molecule is N#Cc1ccc(SCc2ccccc2)cc1. The van der Waals surface area contributed by atoms with E-state index < -0.39 is 0 Å². The number of benzene rings is 2. The van der Waals surface area contributed by atoms with E-state index in [4.69, 9.17) is 5.26 Å². The van der Waals surface area contributed by atoms with Crippen molar-refractivity contribution < 1.29 is 0 Å². The van der Waals surface area contributed by atoms with Crippen LogP contribution in [0.25, 0.3) is 0 Å². The molecule has 0 fully saturated rings. The highest BCUT2D eigenvalue weighted by atomic mass is 32.2. The van der Waals surface area contributed by atoms with Gasteiger partial charge in [0.1, 0.15) is 0 Å². The molecule has 0 heterocycles. The molecule has 0 radical (unpaired) electrons. The van der Waals surface area contributed by atoms with Crippen LogP contribution in [-0.2, 0) is 5.75 Å². The zero-order valence-corrected chi connectivity index (χ0v) is 9.58. The van der Waals surface area contributed by atoms with Crippen LogP contribution < -0.4 is 0 Å². The highest BCUT2D eigenvalue weighted by molar-refractivity contribution is 7.98. The molecule has 0 saturated carbocycles. The predicted octanol–water partition coefficient (Wildman–Crippen LogP) is 3.85. The third kappa shape index (κ3) is 2.88. The first kappa shape index (κ1) is 10.8. The molecule has 0 aliphatic carbocycles. The summed E-state index contributed by atoms with van der Waals surface area (Å²) in [5.41, 5.74) is 2.03. The van der Waals surface area contributed by atoms with Gasteiger partial charge in [-0.3, -0.25) is 0 Å². The maximum atomic E-state index is 8.68. The van der Waals surface area contributed by atoms with E-state index >= 15 is 0 Å². The van der Waals surface area contributed by atoms with Gasteiger partial charge in [0.05, 0.1) is 11.6 Å². The zero-order chi connectivity index (χ0) is 11.2. The highest BCUT2D eigenvalue weighted by Gasteiger charge is 1.96. The van der Waals surface area contributed by atoms with Crippen LogP contribution in [0.5, 0.6) is 0 Å². The van der Waals surface area contributed by atoms with Crippen LogP contribution in [0.1, 0.15) is 11.1 Å². The molecule has 0 spiro atoms. The molecule has 1 nitrogen and oxygen atoms in total. The van der Waals surface area contributed by atoms with E-state index in [1.54, 1.807) is 11.8 Å². The fourth-order valence-electron chi connectivity index (χ4n) is 1.37. The van der Waals surface area contributed by atoms with Gasteiger partial charge in [0.2, 0.25) is 0 Å². The molecule has 2 aromatic rings.